The number of hydrogen-bond acceptors (Lipinski definition) is 2. The second kappa shape index (κ2) is 6.87. The van der Waals surface area contributed by atoms with Gasteiger partial charge in [0.25, 0.3) is 0 Å². The Balaban J connectivity index is 2.39. The van der Waals surface area contributed by atoms with Gasteiger partial charge in [-0.1, -0.05) is 55.8 Å². The van der Waals surface area contributed by atoms with Crippen LogP contribution in [0.2, 0.25) is 0 Å². The lowest BCUT2D eigenvalue weighted by Gasteiger charge is -2.33. The molecule has 2 atom stereocenters. The van der Waals surface area contributed by atoms with Crippen molar-refractivity contribution in [3.05, 3.63) is 48.0 Å². The van der Waals surface area contributed by atoms with Crippen molar-refractivity contribution in [3.8, 4) is 0 Å². The third kappa shape index (κ3) is 3.02. The molecule has 0 fully saturated rings. The van der Waals surface area contributed by atoms with Crippen LogP contribution in [0.25, 0.3) is 10.8 Å². The zero-order valence-electron chi connectivity index (χ0n) is 12.8. The van der Waals surface area contributed by atoms with E-state index in [9.17, 15) is 0 Å². The second-order valence-corrected chi connectivity index (χ2v) is 5.62. The Labute approximate surface area is 122 Å². The van der Waals surface area contributed by atoms with Crippen LogP contribution in [0.1, 0.15) is 38.3 Å². The first-order valence-corrected chi connectivity index (χ1v) is 7.58. The molecule has 2 aromatic carbocycles. The van der Waals surface area contributed by atoms with Crippen molar-refractivity contribution >= 4 is 10.8 Å². The highest BCUT2D eigenvalue weighted by Crippen LogP contribution is 2.28. The summed E-state index contributed by atoms with van der Waals surface area (Å²) in [6, 6.07) is 15.9. The molecule has 0 aromatic heterocycles. The molecule has 0 saturated heterocycles. The molecule has 0 aliphatic carbocycles. The lowest BCUT2D eigenvalue weighted by molar-refractivity contribution is 0.181. The van der Waals surface area contributed by atoms with Gasteiger partial charge in [-0.2, -0.15) is 0 Å². The summed E-state index contributed by atoms with van der Waals surface area (Å²) in [6.45, 7) is 5.18. The van der Waals surface area contributed by atoms with E-state index in [2.05, 4.69) is 68.3 Å². The standard InChI is InChI=1S/C18H26N2/c1-4-8-14(2)20(3)18(13-19)17-12-7-10-15-9-5-6-11-16(15)17/h5-7,9-12,14,18H,4,8,13,19H2,1-3H3. The molecule has 2 unspecified atom stereocenters. The Hall–Kier alpha value is -1.38. The minimum Gasteiger partial charge on any atom is -0.329 e. The minimum atomic E-state index is 0.280. The van der Waals surface area contributed by atoms with Gasteiger partial charge >= 0.3 is 0 Å². The smallest absolute Gasteiger partial charge is 0.0476 e. The number of benzene rings is 2. The van der Waals surface area contributed by atoms with Gasteiger partial charge in [0, 0.05) is 18.6 Å². The van der Waals surface area contributed by atoms with Gasteiger partial charge in [0.15, 0.2) is 0 Å². The van der Waals surface area contributed by atoms with Gasteiger partial charge in [0.2, 0.25) is 0 Å². The maximum Gasteiger partial charge on any atom is 0.0476 e. The van der Waals surface area contributed by atoms with Gasteiger partial charge in [-0.15, -0.1) is 0 Å². The van der Waals surface area contributed by atoms with E-state index in [4.69, 9.17) is 5.73 Å². The molecule has 0 spiro atoms. The summed E-state index contributed by atoms with van der Waals surface area (Å²) in [5.41, 5.74) is 7.43. The van der Waals surface area contributed by atoms with Crippen LogP contribution in [-0.4, -0.2) is 24.5 Å². The normalized spacial score (nSPS) is 14.7. The quantitative estimate of drug-likeness (QED) is 0.861. The number of nitrogens with zero attached hydrogens (tertiary/aromatic N) is 1. The van der Waals surface area contributed by atoms with Crippen molar-refractivity contribution in [2.45, 2.75) is 38.8 Å². The first-order chi connectivity index (χ1) is 9.69. The maximum absolute atomic E-state index is 6.09. The summed E-state index contributed by atoms with van der Waals surface area (Å²) in [5, 5.41) is 2.61. The number of likely N-dealkylation sites (N-methyl/N-ethyl adjacent to an activating group) is 1. The molecule has 0 heterocycles. The Bertz CT molecular complexity index is 545. The van der Waals surface area contributed by atoms with Crippen molar-refractivity contribution in [1.29, 1.82) is 0 Å². The van der Waals surface area contributed by atoms with Gasteiger partial charge in [0.1, 0.15) is 0 Å². The molecule has 2 aromatic rings. The van der Waals surface area contributed by atoms with Crippen molar-refractivity contribution in [1.82, 2.24) is 4.90 Å². The molecule has 2 rings (SSSR count). The number of nitrogens with two attached hydrogens (primary N) is 1. The maximum atomic E-state index is 6.09. The van der Waals surface area contributed by atoms with E-state index in [0.29, 0.717) is 12.6 Å². The molecule has 2 heteroatoms. The average Bonchev–Trinajstić information content (AvgIpc) is 2.48. The van der Waals surface area contributed by atoms with Gasteiger partial charge < -0.3 is 5.73 Å². The molecular formula is C18H26N2. The number of fused-ring (bicyclic) bond motifs is 1. The number of hydrogen-bond donors (Lipinski definition) is 1. The Morgan fingerprint density at radius 2 is 1.80 bits per heavy atom. The van der Waals surface area contributed by atoms with Crippen molar-refractivity contribution in [3.63, 3.8) is 0 Å². The van der Waals surface area contributed by atoms with Gasteiger partial charge in [0.05, 0.1) is 0 Å². The summed E-state index contributed by atoms with van der Waals surface area (Å²) >= 11 is 0. The van der Waals surface area contributed by atoms with Crippen LogP contribution < -0.4 is 5.73 Å². The monoisotopic (exact) mass is 270 g/mol. The van der Waals surface area contributed by atoms with Crippen LogP contribution in [0.5, 0.6) is 0 Å². The Morgan fingerprint density at radius 1 is 1.10 bits per heavy atom. The van der Waals surface area contributed by atoms with E-state index in [0.717, 1.165) is 0 Å². The molecule has 2 nitrogen and oxygen atoms in total. The summed E-state index contributed by atoms with van der Waals surface area (Å²) < 4.78 is 0. The lowest BCUT2D eigenvalue weighted by atomic mass is 9.96. The molecule has 0 amide bonds. The van der Waals surface area contributed by atoms with Crippen LogP contribution in [0.3, 0.4) is 0 Å². The first kappa shape index (κ1) is 15.0. The zero-order chi connectivity index (χ0) is 14.5. The molecule has 0 saturated carbocycles. The number of rotatable bonds is 6. The fourth-order valence-corrected chi connectivity index (χ4v) is 2.98. The summed E-state index contributed by atoms with van der Waals surface area (Å²) in [7, 11) is 2.19. The van der Waals surface area contributed by atoms with E-state index in [1.165, 1.54) is 29.2 Å². The highest BCUT2D eigenvalue weighted by Gasteiger charge is 2.21. The van der Waals surface area contributed by atoms with Crippen LogP contribution in [0.15, 0.2) is 42.5 Å². The molecule has 108 valence electrons. The second-order valence-electron chi connectivity index (χ2n) is 5.62. The van der Waals surface area contributed by atoms with Crippen molar-refractivity contribution in [2.24, 2.45) is 5.73 Å². The minimum absolute atomic E-state index is 0.280. The highest BCUT2D eigenvalue weighted by molar-refractivity contribution is 5.86. The molecular weight excluding hydrogens is 244 g/mol. The molecule has 0 radical (unpaired) electrons. The van der Waals surface area contributed by atoms with Crippen LogP contribution in [0, 0.1) is 0 Å². The third-order valence-corrected chi connectivity index (χ3v) is 4.30. The fraction of sp³-hybridized carbons (Fsp3) is 0.444. The fourth-order valence-electron chi connectivity index (χ4n) is 2.98. The summed E-state index contributed by atoms with van der Waals surface area (Å²) in [6.07, 6.45) is 2.41. The van der Waals surface area contributed by atoms with Gasteiger partial charge in [-0.25, -0.2) is 0 Å². The predicted octanol–water partition coefficient (Wildman–Crippen LogP) is 3.96. The predicted molar refractivity (Wildman–Crippen MR) is 87.9 cm³/mol. The van der Waals surface area contributed by atoms with Crippen molar-refractivity contribution < 1.29 is 0 Å². The van der Waals surface area contributed by atoms with Crippen LogP contribution in [0.4, 0.5) is 0 Å². The van der Waals surface area contributed by atoms with Gasteiger partial charge in [-0.3, -0.25) is 4.90 Å². The van der Waals surface area contributed by atoms with E-state index >= 15 is 0 Å². The summed E-state index contributed by atoms with van der Waals surface area (Å²) in [5.74, 6) is 0. The highest BCUT2D eigenvalue weighted by atomic mass is 15.2. The molecule has 2 N–H and O–H groups in total. The molecule has 0 aliphatic heterocycles. The first-order valence-electron chi connectivity index (χ1n) is 7.58. The molecule has 20 heavy (non-hydrogen) atoms. The Morgan fingerprint density at radius 3 is 2.50 bits per heavy atom. The van der Waals surface area contributed by atoms with E-state index < -0.39 is 0 Å². The molecule has 0 bridgehead atoms. The Kier molecular flexibility index (Phi) is 5.16. The summed E-state index contributed by atoms with van der Waals surface area (Å²) in [4.78, 5) is 2.42. The van der Waals surface area contributed by atoms with Crippen molar-refractivity contribution in [2.75, 3.05) is 13.6 Å². The molecule has 0 aliphatic rings. The van der Waals surface area contributed by atoms with E-state index in [1.807, 2.05) is 0 Å². The SMILES string of the molecule is CCCC(C)N(C)C(CN)c1cccc2ccccc12. The largest absolute Gasteiger partial charge is 0.329 e. The average molecular weight is 270 g/mol. The zero-order valence-corrected chi connectivity index (χ0v) is 12.8. The van der Waals surface area contributed by atoms with E-state index in [1.54, 1.807) is 0 Å². The lowest BCUT2D eigenvalue weighted by Crippen LogP contribution is -2.37. The topological polar surface area (TPSA) is 29.3 Å². The van der Waals surface area contributed by atoms with Crippen LogP contribution in [-0.2, 0) is 0 Å². The third-order valence-electron chi connectivity index (χ3n) is 4.30. The van der Waals surface area contributed by atoms with Gasteiger partial charge in [-0.05, 0) is 36.7 Å². The van der Waals surface area contributed by atoms with E-state index in [-0.39, 0.29) is 6.04 Å². The van der Waals surface area contributed by atoms with Crippen LogP contribution >= 0.6 is 0 Å².